The Morgan fingerprint density at radius 2 is 1.40 bits per heavy atom. The van der Waals surface area contributed by atoms with Crippen LogP contribution < -0.4 is 9.62 Å². The number of carbonyl (C=O) groups is 2. The van der Waals surface area contributed by atoms with E-state index < -0.39 is 34.3 Å². The SMILES string of the molecule is CCCCNC(=O)C(Cc1ccccc1)N(Cc1ccccc1F)C(=O)CN(c1ccccc1CC)S(=O)(=O)c1ccccc1. The first kappa shape index (κ1) is 33.4. The summed E-state index contributed by atoms with van der Waals surface area (Å²) in [5.41, 5.74) is 2.14. The molecule has 1 N–H and O–H groups in total. The zero-order valence-corrected chi connectivity index (χ0v) is 26.5. The number of sulfonamides is 1. The van der Waals surface area contributed by atoms with E-state index in [0.29, 0.717) is 18.7 Å². The number of anilines is 1. The third-order valence-electron chi connectivity index (χ3n) is 7.65. The molecule has 0 spiro atoms. The number of aryl methyl sites for hydroxylation is 1. The zero-order chi connectivity index (χ0) is 32.2. The Labute approximate surface area is 265 Å². The van der Waals surface area contributed by atoms with Crippen molar-refractivity contribution < 1.29 is 22.4 Å². The van der Waals surface area contributed by atoms with Gasteiger partial charge in [0.1, 0.15) is 18.4 Å². The molecular formula is C36H40FN3O4S. The fraction of sp³-hybridized carbons (Fsp3) is 0.278. The summed E-state index contributed by atoms with van der Waals surface area (Å²) in [5.74, 6) is -1.54. The van der Waals surface area contributed by atoms with Crippen molar-refractivity contribution in [3.05, 3.63) is 132 Å². The van der Waals surface area contributed by atoms with Crippen molar-refractivity contribution in [2.75, 3.05) is 17.4 Å². The Kier molecular flexibility index (Phi) is 11.9. The van der Waals surface area contributed by atoms with Crippen LogP contribution in [0, 0.1) is 5.82 Å². The molecule has 0 radical (unpaired) electrons. The van der Waals surface area contributed by atoms with E-state index in [4.69, 9.17) is 0 Å². The molecule has 0 aromatic heterocycles. The highest BCUT2D eigenvalue weighted by atomic mass is 32.2. The minimum Gasteiger partial charge on any atom is -0.354 e. The first-order valence-corrected chi connectivity index (χ1v) is 16.7. The van der Waals surface area contributed by atoms with E-state index in [9.17, 15) is 18.0 Å². The average Bonchev–Trinajstić information content (AvgIpc) is 3.06. The lowest BCUT2D eigenvalue weighted by atomic mass is 10.0. The minimum absolute atomic E-state index is 0.0301. The fourth-order valence-electron chi connectivity index (χ4n) is 5.16. The van der Waals surface area contributed by atoms with Gasteiger partial charge in [-0.2, -0.15) is 0 Å². The molecule has 9 heteroatoms. The van der Waals surface area contributed by atoms with E-state index in [-0.39, 0.29) is 29.3 Å². The van der Waals surface area contributed by atoms with E-state index >= 15 is 4.39 Å². The lowest BCUT2D eigenvalue weighted by Crippen LogP contribution is -2.53. The summed E-state index contributed by atoms with van der Waals surface area (Å²) >= 11 is 0. The van der Waals surface area contributed by atoms with Gasteiger partial charge in [0.2, 0.25) is 11.8 Å². The second-order valence-corrected chi connectivity index (χ2v) is 12.6. The Bertz CT molecular complexity index is 1670. The summed E-state index contributed by atoms with van der Waals surface area (Å²) < 4.78 is 44.5. The Balaban J connectivity index is 1.82. The van der Waals surface area contributed by atoms with E-state index in [1.54, 1.807) is 48.5 Å². The van der Waals surface area contributed by atoms with E-state index in [0.717, 1.165) is 28.3 Å². The van der Waals surface area contributed by atoms with Gasteiger partial charge in [-0.25, -0.2) is 12.8 Å². The first-order chi connectivity index (χ1) is 21.8. The molecule has 45 heavy (non-hydrogen) atoms. The largest absolute Gasteiger partial charge is 0.354 e. The Morgan fingerprint density at radius 3 is 2.04 bits per heavy atom. The maximum absolute atomic E-state index is 15.0. The molecule has 1 unspecified atom stereocenters. The van der Waals surface area contributed by atoms with Crippen LogP contribution in [0.4, 0.5) is 10.1 Å². The maximum Gasteiger partial charge on any atom is 0.264 e. The van der Waals surface area contributed by atoms with Gasteiger partial charge in [-0.05, 0) is 48.2 Å². The third kappa shape index (κ3) is 8.57. The van der Waals surface area contributed by atoms with Crippen molar-refractivity contribution >= 4 is 27.5 Å². The van der Waals surface area contributed by atoms with E-state index in [1.807, 2.05) is 56.3 Å². The van der Waals surface area contributed by atoms with Gasteiger partial charge in [-0.15, -0.1) is 0 Å². The number of amides is 2. The molecule has 0 heterocycles. The fourth-order valence-corrected chi connectivity index (χ4v) is 6.63. The highest BCUT2D eigenvalue weighted by molar-refractivity contribution is 7.92. The van der Waals surface area contributed by atoms with Crippen molar-refractivity contribution in [2.24, 2.45) is 0 Å². The number of rotatable bonds is 15. The summed E-state index contributed by atoms with van der Waals surface area (Å²) in [6.45, 7) is 3.53. The summed E-state index contributed by atoms with van der Waals surface area (Å²) in [4.78, 5) is 29.6. The van der Waals surface area contributed by atoms with Gasteiger partial charge < -0.3 is 10.2 Å². The zero-order valence-electron chi connectivity index (χ0n) is 25.7. The number of hydrogen-bond donors (Lipinski definition) is 1. The molecule has 7 nitrogen and oxygen atoms in total. The molecule has 0 saturated heterocycles. The Hall–Kier alpha value is -4.50. The number of nitrogens with one attached hydrogen (secondary N) is 1. The Morgan fingerprint density at radius 1 is 0.800 bits per heavy atom. The molecule has 0 aliphatic rings. The van der Waals surface area contributed by atoms with Crippen LogP contribution in [0.5, 0.6) is 0 Å². The van der Waals surface area contributed by atoms with Crippen LogP contribution in [0.25, 0.3) is 0 Å². The van der Waals surface area contributed by atoms with Crippen LogP contribution in [-0.2, 0) is 39.0 Å². The molecule has 0 bridgehead atoms. The topological polar surface area (TPSA) is 86.8 Å². The second kappa shape index (κ2) is 16.0. The van der Waals surface area contributed by atoms with Crippen molar-refractivity contribution in [2.45, 2.75) is 57.0 Å². The van der Waals surface area contributed by atoms with Crippen molar-refractivity contribution in [3.63, 3.8) is 0 Å². The average molecular weight is 630 g/mol. The van der Waals surface area contributed by atoms with Crippen molar-refractivity contribution in [1.82, 2.24) is 10.2 Å². The highest BCUT2D eigenvalue weighted by Crippen LogP contribution is 2.28. The monoisotopic (exact) mass is 629 g/mol. The molecule has 1 atom stereocenters. The molecule has 2 amide bonds. The van der Waals surface area contributed by atoms with Crippen LogP contribution >= 0.6 is 0 Å². The van der Waals surface area contributed by atoms with Crippen LogP contribution in [0.1, 0.15) is 43.4 Å². The van der Waals surface area contributed by atoms with Gasteiger partial charge in [0.15, 0.2) is 0 Å². The molecule has 0 fully saturated rings. The van der Waals surface area contributed by atoms with Gasteiger partial charge in [-0.1, -0.05) is 105 Å². The molecule has 4 aromatic carbocycles. The lowest BCUT2D eigenvalue weighted by molar-refractivity contribution is -0.140. The molecule has 0 saturated carbocycles. The number of hydrogen-bond acceptors (Lipinski definition) is 4. The van der Waals surface area contributed by atoms with Gasteiger partial charge in [-0.3, -0.25) is 13.9 Å². The minimum atomic E-state index is -4.21. The molecular weight excluding hydrogens is 589 g/mol. The summed E-state index contributed by atoms with van der Waals surface area (Å²) in [5, 5.41) is 2.94. The van der Waals surface area contributed by atoms with Gasteiger partial charge in [0.25, 0.3) is 10.0 Å². The number of para-hydroxylation sites is 1. The summed E-state index contributed by atoms with van der Waals surface area (Å²) in [6, 6.07) is 29.3. The molecule has 4 rings (SSSR count). The van der Waals surface area contributed by atoms with Crippen LogP contribution in [0.3, 0.4) is 0 Å². The quantitative estimate of drug-likeness (QED) is 0.160. The maximum atomic E-state index is 15.0. The first-order valence-electron chi connectivity index (χ1n) is 15.3. The molecule has 236 valence electrons. The molecule has 0 aliphatic carbocycles. The van der Waals surface area contributed by atoms with E-state index in [2.05, 4.69) is 5.32 Å². The number of halogens is 1. The second-order valence-electron chi connectivity index (χ2n) is 10.8. The van der Waals surface area contributed by atoms with Gasteiger partial charge >= 0.3 is 0 Å². The van der Waals surface area contributed by atoms with Crippen LogP contribution in [0.15, 0.2) is 114 Å². The normalized spacial score (nSPS) is 11.9. The predicted octanol–water partition coefficient (Wildman–Crippen LogP) is 6.14. The van der Waals surface area contributed by atoms with Crippen LogP contribution in [-0.4, -0.2) is 44.3 Å². The summed E-state index contributed by atoms with van der Waals surface area (Å²) in [6.07, 6.45) is 2.31. The molecule has 4 aromatic rings. The lowest BCUT2D eigenvalue weighted by Gasteiger charge is -2.34. The number of benzene rings is 4. The summed E-state index contributed by atoms with van der Waals surface area (Å²) in [7, 11) is -4.21. The van der Waals surface area contributed by atoms with Gasteiger partial charge in [0, 0.05) is 25.1 Å². The third-order valence-corrected chi connectivity index (χ3v) is 9.42. The van der Waals surface area contributed by atoms with Gasteiger partial charge in [0.05, 0.1) is 10.6 Å². The van der Waals surface area contributed by atoms with Crippen molar-refractivity contribution in [3.8, 4) is 0 Å². The van der Waals surface area contributed by atoms with E-state index in [1.165, 1.54) is 23.1 Å². The van der Waals surface area contributed by atoms with Crippen LogP contribution in [0.2, 0.25) is 0 Å². The molecule has 0 aliphatic heterocycles. The van der Waals surface area contributed by atoms with Crippen molar-refractivity contribution in [1.29, 1.82) is 0 Å². The number of carbonyl (C=O) groups excluding carboxylic acids is 2. The highest BCUT2D eigenvalue weighted by Gasteiger charge is 2.35. The smallest absolute Gasteiger partial charge is 0.264 e. The standard InChI is InChI=1S/C36H40FN3O4S/c1-3-5-24-38-36(42)34(25-28-16-8-6-9-17-28)39(26-30-19-12-14-22-32(30)37)35(41)27-40(33-23-15-13-18-29(33)4-2)45(43,44)31-20-10-7-11-21-31/h6-23,34H,3-5,24-27H2,1-2H3,(H,38,42). The number of nitrogens with zero attached hydrogens (tertiary/aromatic N) is 2. The predicted molar refractivity (Wildman–Crippen MR) is 176 cm³/mol. The number of unbranched alkanes of at least 4 members (excludes halogenated alkanes) is 1.